The standard InChI is InChI=1S/C24H29F3N2O2/c1-31-23(30)22(24(25,26)27)28-20-12-14-21(15-13-20)29(16-18-8-4-2-5-9-18)17-19-10-6-3-7-11-19/h2-11,20-22,28H,12-17H2,1H3. The van der Waals surface area contributed by atoms with Crippen LogP contribution in [0.15, 0.2) is 60.7 Å². The highest BCUT2D eigenvalue weighted by Gasteiger charge is 2.47. The fraction of sp³-hybridized carbons (Fsp3) is 0.458. The van der Waals surface area contributed by atoms with E-state index in [2.05, 4.69) is 39.2 Å². The Morgan fingerprint density at radius 3 is 1.87 bits per heavy atom. The number of carbonyl (C=O) groups is 1. The van der Waals surface area contributed by atoms with Gasteiger partial charge in [-0.05, 0) is 36.8 Å². The van der Waals surface area contributed by atoms with E-state index >= 15 is 0 Å². The van der Waals surface area contributed by atoms with Crippen molar-refractivity contribution in [3.63, 3.8) is 0 Å². The third kappa shape index (κ3) is 6.80. The second kappa shape index (κ2) is 10.8. The van der Waals surface area contributed by atoms with Crippen molar-refractivity contribution in [2.45, 2.75) is 63.1 Å². The van der Waals surface area contributed by atoms with E-state index in [4.69, 9.17) is 0 Å². The van der Waals surface area contributed by atoms with Crippen LogP contribution < -0.4 is 5.32 Å². The first-order chi connectivity index (χ1) is 14.9. The highest BCUT2D eigenvalue weighted by molar-refractivity contribution is 5.76. The number of hydrogen-bond donors (Lipinski definition) is 1. The molecule has 4 nitrogen and oxygen atoms in total. The number of nitrogens with one attached hydrogen (secondary N) is 1. The zero-order valence-corrected chi connectivity index (χ0v) is 17.6. The van der Waals surface area contributed by atoms with Crippen molar-refractivity contribution >= 4 is 5.97 Å². The number of hydrogen-bond acceptors (Lipinski definition) is 4. The van der Waals surface area contributed by atoms with Crippen LogP contribution in [0.3, 0.4) is 0 Å². The van der Waals surface area contributed by atoms with Crippen molar-refractivity contribution in [1.29, 1.82) is 0 Å². The molecule has 0 amide bonds. The summed E-state index contributed by atoms with van der Waals surface area (Å²) in [6.07, 6.45) is -1.98. The minimum atomic E-state index is -4.67. The van der Waals surface area contributed by atoms with Gasteiger partial charge in [0.05, 0.1) is 7.11 Å². The number of ether oxygens (including phenoxy) is 1. The van der Waals surface area contributed by atoms with E-state index in [1.807, 2.05) is 36.4 Å². The molecule has 0 aliphatic heterocycles. The molecule has 0 aromatic heterocycles. The van der Waals surface area contributed by atoms with Crippen LogP contribution in [-0.2, 0) is 22.6 Å². The molecule has 0 heterocycles. The second-order valence-corrected chi connectivity index (χ2v) is 8.05. The van der Waals surface area contributed by atoms with Gasteiger partial charge >= 0.3 is 12.1 Å². The molecule has 0 bridgehead atoms. The van der Waals surface area contributed by atoms with Crippen LogP contribution in [-0.4, -0.2) is 42.3 Å². The number of nitrogens with zero attached hydrogens (tertiary/aromatic N) is 1. The Kier molecular flexibility index (Phi) is 8.09. The fourth-order valence-corrected chi connectivity index (χ4v) is 4.21. The summed E-state index contributed by atoms with van der Waals surface area (Å²) in [5, 5.41) is 2.49. The number of halogens is 3. The van der Waals surface area contributed by atoms with E-state index in [9.17, 15) is 18.0 Å². The van der Waals surface area contributed by atoms with Crippen molar-refractivity contribution in [2.24, 2.45) is 0 Å². The molecule has 1 fully saturated rings. The molecule has 1 atom stereocenters. The van der Waals surface area contributed by atoms with E-state index in [1.165, 1.54) is 11.1 Å². The summed E-state index contributed by atoms with van der Waals surface area (Å²) < 4.78 is 44.0. The molecule has 0 radical (unpaired) electrons. The third-order valence-corrected chi connectivity index (χ3v) is 5.84. The molecule has 0 spiro atoms. The SMILES string of the molecule is COC(=O)C(NC1CCC(N(Cc2ccccc2)Cc2ccccc2)CC1)C(F)(F)F. The predicted octanol–water partition coefficient (Wildman–Crippen LogP) is 4.69. The molecule has 2 aromatic rings. The average molecular weight is 435 g/mol. The quantitative estimate of drug-likeness (QED) is 0.612. The minimum Gasteiger partial charge on any atom is -0.468 e. The number of methoxy groups -OCH3 is 1. The van der Waals surface area contributed by atoms with E-state index in [1.54, 1.807) is 0 Å². The maximum atomic E-state index is 13.2. The van der Waals surface area contributed by atoms with Crippen molar-refractivity contribution in [2.75, 3.05) is 7.11 Å². The summed E-state index contributed by atoms with van der Waals surface area (Å²) in [5.41, 5.74) is 2.42. The van der Waals surface area contributed by atoms with Crippen LogP contribution in [0.2, 0.25) is 0 Å². The Morgan fingerprint density at radius 2 is 1.45 bits per heavy atom. The Labute approximate surface area is 181 Å². The van der Waals surface area contributed by atoms with E-state index in [0.29, 0.717) is 12.8 Å². The van der Waals surface area contributed by atoms with Gasteiger partial charge in [0.25, 0.3) is 0 Å². The molecule has 0 saturated heterocycles. The van der Waals surface area contributed by atoms with Gasteiger partial charge in [0, 0.05) is 25.2 Å². The highest BCUT2D eigenvalue weighted by atomic mass is 19.4. The lowest BCUT2D eigenvalue weighted by atomic mass is 9.89. The van der Waals surface area contributed by atoms with Crippen molar-refractivity contribution in [3.8, 4) is 0 Å². The third-order valence-electron chi connectivity index (χ3n) is 5.84. The zero-order valence-electron chi connectivity index (χ0n) is 17.6. The monoisotopic (exact) mass is 434 g/mol. The maximum absolute atomic E-state index is 13.2. The number of rotatable bonds is 8. The summed E-state index contributed by atoms with van der Waals surface area (Å²) in [6.45, 7) is 1.57. The number of benzene rings is 2. The molecule has 2 aromatic carbocycles. The first kappa shape index (κ1) is 23.3. The average Bonchev–Trinajstić information content (AvgIpc) is 2.77. The van der Waals surface area contributed by atoms with E-state index < -0.39 is 18.2 Å². The van der Waals surface area contributed by atoms with Crippen molar-refractivity contribution in [3.05, 3.63) is 71.8 Å². The molecule has 7 heteroatoms. The van der Waals surface area contributed by atoms with Gasteiger partial charge in [-0.2, -0.15) is 13.2 Å². The molecule has 1 saturated carbocycles. The summed E-state index contributed by atoms with van der Waals surface area (Å²) >= 11 is 0. The van der Waals surface area contributed by atoms with Gasteiger partial charge < -0.3 is 4.74 Å². The van der Waals surface area contributed by atoms with Crippen LogP contribution >= 0.6 is 0 Å². The van der Waals surface area contributed by atoms with Gasteiger partial charge in [-0.25, -0.2) is 0 Å². The van der Waals surface area contributed by atoms with Crippen LogP contribution in [0.4, 0.5) is 13.2 Å². The minimum absolute atomic E-state index is 0.265. The molecular formula is C24H29F3N2O2. The summed E-state index contributed by atoms with van der Waals surface area (Å²) in [7, 11) is 0.977. The van der Waals surface area contributed by atoms with Crippen LogP contribution in [0.25, 0.3) is 0 Å². The molecular weight excluding hydrogens is 405 g/mol. The van der Waals surface area contributed by atoms with Crippen LogP contribution in [0.1, 0.15) is 36.8 Å². The largest absolute Gasteiger partial charge is 0.468 e. The lowest BCUT2D eigenvalue weighted by molar-refractivity contribution is -0.184. The Bertz CT molecular complexity index is 765. The van der Waals surface area contributed by atoms with E-state index in [0.717, 1.165) is 33.0 Å². The molecule has 3 rings (SSSR count). The number of alkyl halides is 3. The van der Waals surface area contributed by atoms with Crippen LogP contribution in [0.5, 0.6) is 0 Å². The predicted molar refractivity (Wildman–Crippen MR) is 113 cm³/mol. The topological polar surface area (TPSA) is 41.6 Å². The van der Waals surface area contributed by atoms with Gasteiger partial charge in [-0.3, -0.25) is 15.0 Å². The molecule has 31 heavy (non-hydrogen) atoms. The Balaban J connectivity index is 1.65. The first-order valence-electron chi connectivity index (χ1n) is 10.6. The molecule has 1 aliphatic carbocycles. The lowest BCUT2D eigenvalue weighted by Crippen LogP contribution is -2.54. The zero-order chi connectivity index (χ0) is 22.3. The molecule has 1 unspecified atom stereocenters. The van der Waals surface area contributed by atoms with E-state index in [-0.39, 0.29) is 12.1 Å². The van der Waals surface area contributed by atoms with Crippen LogP contribution in [0, 0.1) is 0 Å². The Hall–Kier alpha value is -2.38. The number of esters is 1. The Morgan fingerprint density at radius 1 is 0.968 bits per heavy atom. The van der Waals surface area contributed by atoms with Crippen molar-refractivity contribution < 1.29 is 22.7 Å². The number of carbonyl (C=O) groups excluding carboxylic acids is 1. The highest BCUT2D eigenvalue weighted by Crippen LogP contribution is 2.29. The molecule has 1 N–H and O–H groups in total. The second-order valence-electron chi connectivity index (χ2n) is 8.05. The van der Waals surface area contributed by atoms with Crippen molar-refractivity contribution in [1.82, 2.24) is 10.2 Å². The molecule has 168 valence electrons. The normalized spacial score (nSPS) is 20.4. The van der Waals surface area contributed by atoms with Gasteiger partial charge in [0.1, 0.15) is 0 Å². The van der Waals surface area contributed by atoms with Gasteiger partial charge in [0.15, 0.2) is 0 Å². The smallest absolute Gasteiger partial charge is 0.414 e. The summed E-state index contributed by atoms with van der Waals surface area (Å²) in [4.78, 5) is 14.0. The van der Waals surface area contributed by atoms with Gasteiger partial charge in [-0.15, -0.1) is 0 Å². The van der Waals surface area contributed by atoms with Gasteiger partial charge in [-0.1, -0.05) is 60.7 Å². The fourth-order valence-electron chi connectivity index (χ4n) is 4.21. The lowest BCUT2D eigenvalue weighted by Gasteiger charge is -2.38. The summed E-state index contributed by atoms with van der Waals surface area (Å²) in [6, 6.07) is 18.0. The molecule has 1 aliphatic rings. The summed E-state index contributed by atoms with van der Waals surface area (Å²) in [5.74, 6) is -1.29. The maximum Gasteiger partial charge on any atom is 0.414 e. The first-order valence-corrected chi connectivity index (χ1v) is 10.6. The van der Waals surface area contributed by atoms with Gasteiger partial charge in [0.2, 0.25) is 6.04 Å².